The molecule has 116 valence electrons. The van der Waals surface area contributed by atoms with Gasteiger partial charge in [0.15, 0.2) is 0 Å². The molecule has 0 saturated carbocycles. The van der Waals surface area contributed by atoms with Crippen LogP contribution in [0.2, 0.25) is 5.02 Å². The van der Waals surface area contributed by atoms with Gasteiger partial charge in [0.05, 0.1) is 0 Å². The maximum atomic E-state index is 11.3. The SMILES string of the molecule is CCCCC1CC(Nc2ccc(Cl)cc2)CCN1C(=O)O. The summed E-state index contributed by atoms with van der Waals surface area (Å²) in [6, 6.07) is 8.11. The highest BCUT2D eigenvalue weighted by Gasteiger charge is 2.30. The molecule has 1 saturated heterocycles. The van der Waals surface area contributed by atoms with Crippen LogP contribution in [0.15, 0.2) is 24.3 Å². The van der Waals surface area contributed by atoms with Crippen LogP contribution >= 0.6 is 11.6 Å². The van der Waals surface area contributed by atoms with Crippen molar-refractivity contribution in [1.29, 1.82) is 0 Å². The standard InChI is InChI=1S/C16H23ClN2O2/c1-2-3-4-15-11-14(9-10-19(15)16(20)21)18-13-7-5-12(17)6-8-13/h5-8,14-15,18H,2-4,9-11H2,1H3,(H,20,21). The van der Waals surface area contributed by atoms with Gasteiger partial charge in [0.2, 0.25) is 0 Å². The molecular weight excluding hydrogens is 288 g/mol. The number of hydrogen-bond acceptors (Lipinski definition) is 2. The van der Waals surface area contributed by atoms with E-state index in [1.54, 1.807) is 4.90 Å². The molecule has 1 heterocycles. The summed E-state index contributed by atoms with van der Waals surface area (Å²) in [7, 11) is 0. The minimum Gasteiger partial charge on any atom is -0.465 e. The van der Waals surface area contributed by atoms with Gasteiger partial charge in [0.1, 0.15) is 0 Å². The van der Waals surface area contributed by atoms with Crippen LogP contribution in [0.4, 0.5) is 10.5 Å². The molecule has 1 amide bonds. The smallest absolute Gasteiger partial charge is 0.407 e. The average molecular weight is 311 g/mol. The Morgan fingerprint density at radius 2 is 2.14 bits per heavy atom. The van der Waals surface area contributed by atoms with E-state index in [9.17, 15) is 9.90 Å². The molecule has 0 aromatic heterocycles. The summed E-state index contributed by atoms with van der Waals surface area (Å²) in [6.07, 6.45) is 4.04. The normalized spacial score (nSPS) is 22.1. The molecule has 1 aromatic rings. The molecule has 4 nitrogen and oxygen atoms in total. The van der Waals surface area contributed by atoms with E-state index >= 15 is 0 Å². The number of rotatable bonds is 5. The van der Waals surface area contributed by atoms with Crippen molar-refractivity contribution < 1.29 is 9.90 Å². The second kappa shape index (κ2) is 7.55. The number of nitrogens with one attached hydrogen (secondary N) is 1. The molecule has 2 N–H and O–H groups in total. The molecule has 0 bridgehead atoms. The zero-order valence-corrected chi connectivity index (χ0v) is 13.1. The lowest BCUT2D eigenvalue weighted by Crippen LogP contribution is -2.48. The van der Waals surface area contributed by atoms with Gasteiger partial charge in [-0.3, -0.25) is 0 Å². The fraction of sp³-hybridized carbons (Fsp3) is 0.562. The van der Waals surface area contributed by atoms with Crippen LogP contribution < -0.4 is 5.32 Å². The molecule has 1 fully saturated rings. The number of carboxylic acid groups (broad SMARTS) is 1. The fourth-order valence-electron chi connectivity index (χ4n) is 2.93. The van der Waals surface area contributed by atoms with Crippen molar-refractivity contribution in [2.45, 2.75) is 51.1 Å². The molecule has 2 unspecified atom stereocenters. The van der Waals surface area contributed by atoms with Gasteiger partial charge in [0, 0.05) is 29.3 Å². The highest BCUT2D eigenvalue weighted by atomic mass is 35.5. The molecule has 0 aliphatic carbocycles. The van der Waals surface area contributed by atoms with Gasteiger partial charge < -0.3 is 15.3 Å². The Balaban J connectivity index is 1.96. The van der Waals surface area contributed by atoms with E-state index in [0.29, 0.717) is 12.6 Å². The van der Waals surface area contributed by atoms with E-state index in [2.05, 4.69) is 12.2 Å². The number of halogens is 1. The molecule has 5 heteroatoms. The van der Waals surface area contributed by atoms with E-state index in [1.807, 2.05) is 24.3 Å². The summed E-state index contributed by atoms with van der Waals surface area (Å²) >= 11 is 5.89. The van der Waals surface area contributed by atoms with Crippen molar-refractivity contribution >= 4 is 23.4 Å². The molecule has 0 spiro atoms. The van der Waals surface area contributed by atoms with Crippen LogP contribution in [-0.4, -0.2) is 34.7 Å². The minimum absolute atomic E-state index is 0.126. The summed E-state index contributed by atoms with van der Waals surface area (Å²) in [6.45, 7) is 2.74. The second-order valence-corrected chi connectivity index (χ2v) is 6.08. The fourth-order valence-corrected chi connectivity index (χ4v) is 3.06. The minimum atomic E-state index is -0.791. The quantitative estimate of drug-likeness (QED) is 0.844. The zero-order valence-electron chi connectivity index (χ0n) is 12.4. The lowest BCUT2D eigenvalue weighted by atomic mass is 9.93. The number of carbonyl (C=O) groups is 1. The van der Waals surface area contributed by atoms with Gasteiger partial charge >= 0.3 is 6.09 Å². The highest BCUT2D eigenvalue weighted by molar-refractivity contribution is 6.30. The average Bonchev–Trinajstić information content (AvgIpc) is 2.47. The van der Waals surface area contributed by atoms with E-state index in [-0.39, 0.29) is 6.04 Å². The van der Waals surface area contributed by atoms with Crippen LogP contribution in [0.5, 0.6) is 0 Å². The van der Waals surface area contributed by atoms with Crippen LogP contribution in [0, 0.1) is 0 Å². The van der Waals surface area contributed by atoms with Gasteiger partial charge in [-0.15, -0.1) is 0 Å². The van der Waals surface area contributed by atoms with Crippen molar-refractivity contribution in [1.82, 2.24) is 4.90 Å². The summed E-state index contributed by atoms with van der Waals surface area (Å²) in [5.74, 6) is 0. The first-order valence-corrected chi connectivity index (χ1v) is 7.99. The van der Waals surface area contributed by atoms with Crippen molar-refractivity contribution in [2.24, 2.45) is 0 Å². The molecule has 0 radical (unpaired) electrons. The predicted octanol–water partition coefficient (Wildman–Crippen LogP) is 4.45. The third kappa shape index (κ3) is 4.53. The Morgan fingerprint density at radius 1 is 1.43 bits per heavy atom. The number of unbranched alkanes of at least 4 members (excludes halogenated alkanes) is 1. The number of anilines is 1. The number of nitrogens with zero attached hydrogens (tertiary/aromatic N) is 1. The Bertz CT molecular complexity index is 464. The number of piperidine rings is 1. The Kier molecular flexibility index (Phi) is 5.74. The Morgan fingerprint density at radius 3 is 2.76 bits per heavy atom. The largest absolute Gasteiger partial charge is 0.465 e. The molecule has 2 rings (SSSR count). The lowest BCUT2D eigenvalue weighted by molar-refractivity contribution is 0.0992. The molecule has 2 atom stereocenters. The maximum absolute atomic E-state index is 11.3. The summed E-state index contributed by atoms with van der Waals surface area (Å²) in [5.41, 5.74) is 1.04. The van der Waals surface area contributed by atoms with E-state index < -0.39 is 6.09 Å². The number of amides is 1. The first kappa shape index (κ1) is 16.0. The zero-order chi connectivity index (χ0) is 15.2. The highest BCUT2D eigenvalue weighted by Crippen LogP contribution is 2.25. The number of likely N-dealkylation sites (tertiary alicyclic amines) is 1. The van der Waals surface area contributed by atoms with E-state index in [0.717, 1.165) is 42.8 Å². The van der Waals surface area contributed by atoms with Gasteiger partial charge in [-0.05, 0) is 43.5 Å². The third-order valence-corrected chi connectivity index (χ3v) is 4.32. The first-order chi connectivity index (χ1) is 10.1. The van der Waals surface area contributed by atoms with Crippen molar-refractivity contribution in [2.75, 3.05) is 11.9 Å². The van der Waals surface area contributed by atoms with Crippen LogP contribution in [0.25, 0.3) is 0 Å². The van der Waals surface area contributed by atoms with E-state index in [4.69, 9.17) is 11.6 Å². The molecule has 1 aliphatic rings. The van der Waals surface area contributed by atoms with Gasteiger partial charge in [-0.2, -0.15) is 0 Å². The molecule has 21 heavy (non-hydrogen) atoms. The van der Waals surface area contributed by atoms with Gasteiger partial charge in [0.25, 0.3) is 0 Å². The number of hydrogen-bond donors (Lipinski definition) is 2. The summed E-state index contributed by atoms with van der Waals surface area (Å²) in [5, 5.41) is 13.5. The molecule has 1 aromatic carbocycles. The first-order valence-electron chi connectivity index (χ1n) is 7.61. The third-order valence-electron chi connectivity index (χ3n) is 4.07. The Hall–Kier alpha value is -1.42. The Labute approximate surface area is 131 Å². The van der Waals surface area contributed by atoms with Crippen molar-refractivity contribution in [3.63, 3.8) is 0 Å². The topological polar surface area (TPSA) is 52.6 Å². The van der Waals surface area contributed by atoms with Crippen molar-refractivity contribution in [3.05, 3.63) is 29.3 Å². The lowest BCUT2D eigenvalue weighted by Gasteiger charge is -2.38. The second-order valence-electron chi connectivity index (χ2n) is 5.64. The van der Waals surface area contributed by atoms with E-state index in [1.165, 1.54) is 0 Å². The molecule has 1 aliphatic heterocycles. The predicted molar refractivity (Wildman–Crippen MR) is 86.1 cm³/mol. The molecular formula is C16H23ClN2O2. The van der Waals surface area contributed by atoms with Crippen LogP contribution in [-0.2, 0) is 0 Å². The number of benzene rings is 1. The maximum Gasteiger partial charge on any atom is 0.407 e. The van der Waals surface area contributed by atoms with Gasteiger partial charge in [-0.1, -0.05) is 31.4 Å². The van der Waals surface area contributed by atoms with Crippen molar-refractivity contribution in [3.8, 4) is 0 Å². The summed E-state index contributed by atoms with van der Waals surface area (Å²) in [4.78, 5) is 12.9. The monoisotopic (exact) mass is 310 g/mol. The summed E-state index contributed by atoms with van der Waals surface area (Å²) < 4.78 is 0. The van der Waals surface area contributed by atoms with Gasteiger partial charge in [-0.25, -0.2) is 4.79 Å². The van der Waals surface area contributed by atoms with Crippen LogP contribution in [0.1, 0.15) is 39.0 Å². The van der Waals surface area contributed by atoms with Crippen LogP contribution in [0.3, 0.4) is 0 Å².